The van der Waals surface area contributed by atoms with Gasteiger partial charge in [0.15, 0.2) is 0 Å². The van der Waals surface area contributed by atoms with Crippen LogP contribution in [0.25, 0.3) is 22.4 Å². The molecular formula is C23H22N2. The van der Waals surface area contributed by atoms with Gasteiger partial charge in [-0.3, -0.25) is 9.13 Å². The molecule has 0 saturated carbocycles. The normalized spacial score (nSPS) is 11.2. The van der Waals surface area contributed by atoms with Gasteiger partial charge in [0, 0.05) is 0 Å². The molecule has 0 amide bonds. The van der Waals surface area contributed by atoms with Crippen molar-refractivity contribution in [2.24, 2.45) is 0 Å². The standard InChI is InChI=1S/C23H22N2/c1-16-9-7-10-17(2)22(16)24-15-25(21-14-6-5-13-20(21)24)23-18(3)11-8-12-19(23)4/h5-14H,1-4H3. The number of para-hydroxylation sites is 4. The lowest BCUT2D eigenvalue weighted by Gasteiger charge is -2.11. The van der Waals surface area contributed by atoms with E-state index in [9.17, 15) is 0 Å². The summed E-state index contributed by atoms with van der Waals surface area (Å²) in [5.41, 5.74) is 9.78. The number of aromatic nitrogens is 2. The first kappa shape index (κ1) is 15.6. The molecule has 0 bridgehead atoms. The third-order valence-electron chi connectivity index (χ3n) is 4.89. The average Bonchev–Trinajstić information content (AvgIpc) is 2.94. The summed E-state index contributed by atoms with van der Waals surface area (Å²) in [5.74, 6) is 0. The third-order valence-corrected chi connectivity index (χ3v) is 4.89. The van der Waals surface area contributed by atoms with E-state index < -0.39 is 0 Å². The Labute approximate surface area is 149 Å². The summed E-state index contributed by atoms with van der Waals surface area (Å²) in [7, 11) is 0. The molecule has 0 aliphatic carbocycles. The Morgan fingerprint density at radius 3 is 1.88 bits per heavy atom. The Morgan fingerprint density at radius 2 is 1.24 bits per heavy atom. The van der Waals surface area contributed by atoms with E-state index >= 15 is 0 Å². The zero-order chi connectivity index (χ0) is 17.6. The van der Waals surface area contributed by atoms with Gasteiger partial charge in [-0.2, -0.15) is 0 Å². The number of rotatable bonds is 2. The van der Waals surface area contributed by atoms with Crippen LogP contribution in [-0.2, 0) is 0 Å². The summed E-state index contributed by atoms with van der Waals surface area (Å²) in [6, 6.07) is 21.4. The summed E-state index contributed by atoms with van der Waals surface area (Å²) < 4.78 is 4.40. The van der Waals surface area contributed by atoms with Crippen LogP contribution in [0.5, 0.6) is 0 Å². The van der Waals surface area contributed by atoms with Crippen molar-refractivity contribution in [3.05, 3.63) is 89.2 Å². The molecule has 0 aliphatic rings. The van der Waals surface area contributed by atoms with Gasteiger partial charge in [-0.1, -0.05) is 60.7 Å². The number of imidazole rings is 1. The molecule has 0 radical (unpaired) electrons. The molecule has 1 heterocycles. The van der Waals surface area contributed by atoms with Crippen LogP contribution in [0.3, 0.4) is 0 Å². The number of hydrogen-bond acceptors (Lipinski definition) is 0. The van der Waals surface area contributed by atoms with Gasteiger partial charge in [-0.15, -0.1) is 0 Å². The minimum absolute atomic E-state index is 1.17. The first-order valence-electron chi connectivity index (χ1n) is 8.66. The third kappa shape index (κ3) is 2.45. The molecule has 2 nitrogen and oxygen atoms in total. The summed E-state index contributed by atoms with van der Waals surface area (Å²) in [4.78, 5) is 0. The molecule has 3 aromatic carbocycles. The zero-order valence-electron chi connectivity index (χ0n) is 15.2. The van der Waals surface area contributed by atoms with Crippen LogP contribution >= 0.6 is 0 Å². The molecule has 4 aromatic rings. The van der Waals surface area contributed by atoms with Crippen LogP contribution in [0.1, 0.15) is 22.3 Å². The fourth-order valence-corrected chi connectivity index (χ4v) is 3.71. The van der Waals surface area contributed by atoms with Crippen molar-refractivity contribution in [3.63, 3.8) is 0 Å². The minimum Gasteiger partial charge on any atom is -0.291 e. The van der Waals surface area contributed by atoms with Gasteiger partial charge < -0.3 is 0 Å². The van der Waals surface area contributed by atoms with E-state index in [0.717, 1.165) is 0 Å². The lowest BCUT2D eigenvalue weighted by Crippen LogP contribution is -2.31. The first-order chi connectivity index (χ1) is 12.1. The second kappa shape index (κ2) is 5.89. The summed E-state index contributed by atoms with van der Waals surface area (Å²) >= 11 is 0. The molecule has 25 heavy (non-hydrogen) atoms. The van der Waals surface area contributed by atoms with Crippen LogP contribution < -0.4 is 4.57 Å². The molecule has 0 spiro atoms. The fraction of sp³-hybridized carbons (Fsp3) is 0.174. The highest BCUT2D eigenvalue weighted by molar-refractivity contribution is 5.75. The smallest absolute Gasteiger partial charge is 0.269 e. The summed E-state index contributed by atoms with van der Waals surface area (Å²) in [5, 5.41) is 0. The van der Waals surface area contributed by atoms with Crippen molar-refractivity contribution in [3.8, 4) is 11.4 Å². The molecule has 0 N–H and O–H groups in total. The summed E-state index contributed by atoms with van der Waals surface area (Å²) in [6.07, 6.45) is 3.62. The van der Waals surface area contributed by atoms with E-state index in [2.05, 4.69) is 104 Å². The topological polar surface area (TPSA) is 8.81 Å². The monoisotopic (exact) mass is 326 g/mol. The van der Waals surface area contributed by atoms with Gasteiger partial charge in [0.25, 0.3) is 6.33 Å². The number of nitrogens with zero attached hydrogens (tertiary/aromatic N) is 2. The molecule has 1 aromatic heterocycles. The van der Waals surface area contributed by atoms with Crippen molar-refractivity contribution >= 4 is 11.0 Å². The summed E-state index contributed by atoms with van der Waals surface area (Å²) in [6.45, 7) is 8.64. The molecule has 0 atom stereocenters. The second-order valence-electron chi connectivity index (χ2n) is 6.74. The van der Waals surface area contributed by atoms with E-state index in [0.29, 0.717) is 0 Å². The Hall–Kier alpha value is -2.87. The first-order valence-corrected chi connectivity index (χ1v) is 8.66. The number of hydrogen-bond donors (Lipinski definition) is 0. The number of fused-ring (bicyclic) bond motifs is 1. The molecular weight excluding hydrogens is 304 g/mol. The number of aryl methyl sites for hydroxylation is 4. The molecule has 0 fully saturated rings. The van der Waals surface area contributed by atoms with E-state index in [1.54, 1.807) is 0 Å². The lowest BCUT2D eigenvalue weighted by atomic mass is 10.1. The van der Waals surface area contributed by atoms with Crippen LogP contribution in [0.4, 0.5) is 0 Å². The van der Waals surface area contributed by atoms with Crippen LogP contribution in [0.15, 0.2) is 60.7 Å². The molecule has 4 rings (SSSR count). The Kier molecular flexibility index (Phi) is 3.69. The maximum absolute atomic E-state index is 3.62. The fourth-order valence-electron chi connectivity index (χ4n) is 3.71. The van der Waals surface area contributed by atoms with Gasteiger partial charge in [0.1, 0.15) is 0 Å². The quantitative estimate of drug-likeness (QED) is 0.364. The van der Waals surface area contributed by atoms with Crippen molar-refractivity contribution in [2.75, 3.05) is 0 Å². The van der Waals surface area contributed by atoms with Gasteiger partial charge in [0.2, 0.25) is 0 Å². The molecule has 2 heteroatoms. The SMILES string of the molecule is Cc1cccc(C)c1-n1[c-][n+](-c2c(C)cccc2C)c2ccccc21. The average molecular weight is 326 g/mol. The zero-order valence-corrected chi connectivity index (χ0v) is 15.2. The maximum Gasteiger partial charge on any atom is 0.269 e. The minimum atomic E-state index is 1.17. The predicted molar refractivity (Wildman–Crippen MR) is 103 cm³/mol. The van der Waals surface area contributed by atoms with Crippen LogP contribution in [0.2, 0.25) is 0 Å². The Balaban J connectivity index is 2.10. The Bertz CT molecular complexity index is 961. The molecule has 124 valence electrons. The van der Waals surface area contributed by atoms with Gasteiger partial charge >= 0.3 is 0 Å². The van der Waals surface area contributed by atoms with Crippen LogP contribution in [0, 0.1) is 34.0 Å². The lowest BCUT2D eigenvalue weighted by molar-refractivity contribution is -0.573. The second-order valence-corrected chi connectivity index (χ2v) is 6.74. The Morgan fingerprint density at radius 1 is 0.680 bits per heavy atom. The largest absolute Gasteiger partial charge is 0.291 e. The number of benzene rings is 3. The molecule has 0 saturated heterocycles. The van der Waals surface area contributed by atoms with E-state index in [4.69, 9.17) is 0 Å². The van der Waals surface area contributed by atoms with Gasteiger partial charge in [0.05, 0.1) is 22.4 Å². The highest BCUT2D eigenvalue weighted by atomic mass is 15.1. The van der Waals surface area contributed by atoms with Crippen LogP contribution in [-0.4, -0.2) is 4.57 Å². The highest BCUT2D eigenvalue weighted by Gasteiger charge is 2.16. The maximum atomic E-state index is 3.62. The van der Waals surface area contributed by atoms with Crippen molar-refractivity contribution in [2.45, 2.75) is 27.7 Å². The van der Waals surface area contributed by atoms with E-state index in [1.165, 1.54) is 44.7 Å². The van der Waals surface area contributed by atoms with E-state index in [1.807, 2.05) is 0 Å². The predicted octanol–water partition coefficient (Wildman–Crippen LogP) is 4.94. The van der Waals surface area contributed by atoms with Crippen molar-refractivity contribution in [1.29, 1.82) is 0 Å². The molecule has 0 unspecified atom stereocenters. The van der Waals surface area contributed by atoms with E-state index in [-0.39, 0.29) is 0 Å². The van der Waals surface area contributed by atoms with Crippen molar-refractivity contribution in [1.82, 2.24) is 4.57 Å². The van der Waals surface area contributed by atoms with Crippen molar-refractivity contribution < 1.29 is 4.57 Å². The van der Waals surface area contributed by atoms with Gasteiger partial charge in [-0.25, -0.2) is 0 Å². The van der Waals surface area contributed by atoms with Gasteiger partial charge in [-0.05, 0) is 49.9 Å². The highest BCUT2D eigenvalue weighted by Crippen LogP contribution is 2.24. The molecule has 0 aliphatic heterocycles.